The van der Waals surface area contributed by atoms with E-state index < -0.39 is 0 Å². The summed E-state index contributed by atoms with van der Waals surface area (Å²) in [7, 11) is 4.20. The summed E-state index contributed by atoms with van der Waals surface area (Å²) in [5.41, 5.74) is 2.37. The molecule has 0 bridgehead atoms. The van der Waals surface area contributed by atoms with E-state index in [0.29, 0.717) is 0 Å². The topological polar surface area (TPSA) is 15.3 Å². The highest BCUT2D eigenvalue weighted by molar-refractivity contribution is 7.74. The molecule has 0 amide bonds. The van der Waals surface area contributed by atoms with Gasteiger partial charge in [0.2, 0.25) is 0 Å². The van der Waals surface area contributed by atoms with Crippen LogP contribution in [0.3, 0.4) is 0 Å². The van der Waals surface area contributed by atoms with E-state index >= 15 is 0 Å². The van der Waals surface area contributed by atoms with E-state index in [1.54, 1.807) is 0 Å². The van der Waals surface area contributed by atoms with Gasteiger partial charge in [-0.05, 0) is 45.5 Å². The Morgan fingerprint density at radius 3 is 2.38 bits per heavy atom. The van der Waals surface area contributed by atoms with E-state index in [1.165, 1.54) is 18.4 Å². The van der Waals surface area contributed by atoms with Crippen molar-refractivity contribution in [3.8, 4) is 0 Å². The van der Waals surface area contributed by atoms with Crippen LogP contribution in [-0.2, 0) is 6.42 Å². The number of anilines is 1. The van der Waals surface area contributed by atoms with Crippen molar-refractivity contribution in [2.24, 2.45) is 0 Å². The summed E-state index contributed by atoms with van der Waals surface area (Å²) in [4.78, 5) is 2.21. The standard InChI is InChI=1S/C12H20N2S2/c1-4-9-10(12(16)11(9)15)13-7-5-6-8-14(2)3/h13H,4-8H2,1-3H3. The molecule has 0 aliphatic heterocycles. The molecule has 2 nitrogen and oxygen atoms in total. The largest absolute Gasteiger partial charge is 0.384 e. The van der Waals surface area contributed by atoms with Gasteiger partial charge in [-0.3, -0.25) is 0 Å². The predicted octanol–water partition coefficient (Wildman–Crippen LogP) is 3.34. The maximum Gasteiger partial charge on any atom is 0.0796 e. The molecule has 1 aromatic rings. The Morgan fingerprint density at radius 1 is 1.12 bits per heavy atom. The third kappa shape index (κ3) is 3.34. The van der Waals surface area contributed by atoms with Crippen LogP contribution in [0.25, 0.3) is 0 Å². The number of hydrogen-bond acceptors (Lipinski definition) is 4. The quantitative estimate of drug-likeness (QED) is 0.594. The minimum atomic E-state index is 0.861. The van der Waals surface area contributed by atoms with E-state index in [4.69, 9.17) is 24.4 Å². The van der Waals surface area contributed by atoms with Crippen LogP contribution in [-0.4, -0.2) is 32.1 Å². The van der Waals surface area contributed by atoms with Gasteiger partial charge in [0, 0.05) is 6.54 Å². The fourth-order valence-electron chi connectivity index (χ4n) is 1.73. The van der Waals surface area contributed by atoms with Gasteiger partial charge >= 0.3 is 0 Å². The molecule has 0 heterocycles. The fourth-order valence-corrected chi connectivity index (χ4v) is 2.40. The van der Waals surface area contributed by atoms with Crippen LogP contribution < -0.4 is 5.32 Å². The molecule has 1 aromatic carbocycles. The SMILES string of the molecule is CCc1c(NCCCCN(C)C)c(=S)c1=S. The molecule has 0 saturated heterocycles. The van der Waals surface area contributed by atoms with E-state index in [9.17, 15) is 0 Å². The second kappa shape index (κ2) is 6.42. The Balaban J connectivity index is 2.30. The lowest BCUT2D eigenvalue weighted by Crippen LogP contribution is -2.15. The van der Waals surface area contributed by atoms with Gasteiger partial charge < -0.3 is 10.2 Å². The summed E-state index contributed by atoms with van der Waals surface area (Å²) >= 11 is 10.4. The van der Waals surface area contributed by atoms with Crippen LogP contribution >= 0.6 is 24.4 Å². The summed E-state index contributed by atoms with van der Waals surface area (Å²) in [6.07, 6.45) is 3.37. The minimum Gasteiger partial charge on any atom is -0.384 e. The lowest BCUT2D eigenvalue weighted by Gasteiger charge is -2.15. The average Bonchev–Trinajstić information content (AvgIpc) is 2.26. The monoisotopic (exact) mass is 256 g/mol. The van der Waals surface area contributed by atoms with Gasteiger partial charge in [-0.2, -0.15) is 0 Å². The first-order valence-electron chi connectivity index (χ1n) is 5.78. The molecule has 0 aliphatic rings. The Bertz CT molecular complexity index is 403. The fraction of sp³-hybridized carbons (Fsp3) is 0.667. The lowest BCUT2D eigenvalue weighted by molar-refractivity contribution is 0.396. The second-order valence-corrected chi connectivity index (χ2v) is 5.12. The Hall–Kier alpha value is -0.320. The molecule has 0 aromatic heterocycles. The molecule has 4 heteroatoms. The molecule has 0 saturated carbocycles. The molecule has 16 heavy (non-hydrogen) atoms. The Kier molecular flexibility index (Phi) is 5.52. The number of hydrogen-bond donors (Lipinski definition) is 1. The molecule has 0 spiro atoms. The van der Waals surface area contributed by atoms with Crippen molar-refractivity contribution in [1.29, 1.82) is 0 Å². The van der Waals surface area contributed by atoms with Gasteiger partial charge in [0.05, 0.1) is 14.7 Å². The van der Waals surface area contributed by atoms with Gasteiger partial charge in [0.1, 0.15) is 0 Å². The van der Waals surface area contributed by atoms with Crippen LogP contribution in [0.2, 0.25) is 0 Å². The van der Waals surface area contributed by atoms with Crippen LogP contribution in [0.5, 0.6) is 0 Å². The summed E-state index contributed by atoms with van der Waals surface area (Å²) < 4.78 is 1.76. The second-order valence-electron chi connectivity index (χ2n) is 4.30. The Labute approximate surface area is 108 Å². The molecule has 1 rings (SSSR count). The number of rotatable bonds is 7. The first-order chi connectivity index (χ1) is 7.57. The molecular formula is C12H20N2S2. The van der Waals surface area contributed by atoms with Crippen molar-refractivity contribution < 1.29 is 0 Å². The van der Waals surface area contributed by atoms with Gasteiger partial charge in [0.25, 0.3) is 0 Å². The third-order valence-corrected chi connectivity index (χ3v) is 3.68. The highest BCUT2D eigenvalue weighted by Gasteiger charge is 2.11. The van der Waals surface area contributed by atoms with E-state index in [1.807, 2.05) is 0 Å². The summed E-state index contributed by atoms with van der Waals surface area (Å²) in [5, 5.41) is 3.41. The molecule has 1 N–H and O–H groups in total. The summed E-state index contributed by atoms with van der Waals surface area (Å²) in [5.74, 6) is 0. The zero-order valence-corrected chi connectivity index (χ0v) is 11.9. The average molecular weight is 256 g/mol. The van der Waals surface area contributed by atoms with Gasteiger partial charge in [-0.15, -0.1) is 0 Å². The van der Waals surface area contributed by atoms with E-state index in [-0.39, 0.29) is 0 Å². The molecule has 0 aliphatic carbocycles. The molecular weight excluding hydrogens is 236 g/mol. The first-order valence-corrected chi connectivity index (χ1v) is 6.60. The Morgan fingerprint density at radius 2 is 1.81 bits per heavy atom. The van der Waals surface area contributed by atoms with Crippen molar-refractivity contribution >= 4 is 30.1 Å². The number of unbranched alkanes of at least 4 members (excludes halogenated alkanes) is 1. The van der Waals surface area contributed by atoms with Crippen molar-refractivity contribution in [2.45, 2.75) is 26.2 Å². The van der Waals surface area contributed by atoms with Crippen LogP contribution in [0.15, 0.2) is 0 Å². The first kappa shape index (κ1) is 13.7. The lowest BCUT2D eigenvalue weighted by atomic mass is 10.1. The van der Waals surface area contributed by atoms with E-state index in [0.717, 1.165) is 34.2 Å². The molecule has 90 valence electrons. The van der Waals surface area contributed by atoms with Crippen LogP contribution in [0.1, 0.15) is 25.3 Å². The predicted molar refractivity (Wildman–Crippen MR) is 76.1 cm³/mol. The molecule has 0 fully saturated rings. The zero-order valence-electron chi connectivity index (χ0n) is 10.3. The van der Waals surface area contributed by atoms with Gasteiger partial charge in [0.15, 0.2) is 0 Å². The normalized spacial score (nSPS) is 11.2. The van der Waals surface area contributed by atoms with Crippen LogP contribution in [0.4, 0.5) is 5.69 Å². The van der Waals surface area contributed by atoms with Crippen molar-refractivity contribution in [1.82, 2.24) is 4.90 Å². The van der Waals surface area contributed by atoms with Crippen molar-refractivity contribution in [2.75, 3.05) is 32.5 Å². The molecule has 0 unspecified atom stereocenters. The van der Waals surface area contributed by atoms with Crippen LogP contribution in [0, 0.1) is 9.02 Å². The van der Waals surface area contributed by atoms with Gasteiger partial charge in [-0.25, -0.2) is 0 Å². The maximum atomic E-state index is 5.22. The summed E-state index contributed by atoms with van der Waals surface area (Å²) in [6, 6.07) is 0. The smallest absolute Gasteiger partial charge is 0.0796 e. The number of nitrogens with zero attached hydrogens (tertiary/aromatic N) is 1. The highest BCUT2D eigenvalue weighted by Crippen LogP contribution is 2.26. The third-order valence-electron chi connectivity index (χ3n) is 2.70. The number of nitrogens with one attached hydrogen (secondary N) is 1. The van der Waals surface area contributed by atoms with Crippen molar-refractivity contribution in [3.05, 3.63) is 14.6 Å². The van der Waals surface area contributed by atoms with E-state index in [2.05, 4.69) is 31.2 Å². The van der Waals surface area contributed by atoms with Gasteiger partial charge in [-0.1, -0.05) is 31.4 Å². The highest BCUT2D eigenvalue weighted by atomic mass is 32.1. The van der Waals surface area contributed by atoms with Crippen molar-refractivity contribution in [3.63, 3.8) is 0 Å². The molecule has 0 atom stereocenters. The minimum absolute atomic E-state index is 0.861. The maximum absolute atomic E-state index is 5.22. The zero-order chi connectivity index (χ0) is 12.1. The molecule has 0 radical (unpaired) electrons. The summed E-state index contributed by atoms with van der Waals surface area (Å²) in [6.45, 7) is 4.26.